The second kappa shape index (κ2) is 9.10. The number of carbonyl (C=O) groups is 3. The Bertz CT molecular complexity index is 1170. The molecule has 2 aromatic heterocycles. The van der Waals surface area contributed by atoms with Crippen LogP contribution in [0.3, 0.4) is 0 Å². The molecule has 0 radical (unpaired) electrons. The predicted octanol–water partition coefficient (Wildman–Crippen LogP) is 2.16. The smallest absolute Gasteiger partial charge is 0.306 e. The van der Waals surface area contributed by atoms with Gasteiger partial charge in [-0.25, -0.2) is 14.6 Å². The zero-order valence-corrected chi connectivity index (χ0v) is 16.9. The second-order valence-electron chi connectivity index (χ2n) is 7.16. The SMILES string of the molecule is [2H]C[C@H]1O[C@@H](n2ncc3c(NC(=O)c4ccccc4)ncnc32)CC1OC(=O)CCC(=O)O. The van der Waals surface area contributed by atoms with Crippen LogP contribution in [-0.2, 0) is 19.1 Å². The fourth-order valence-corrected chi connectivity index (χ4v) is 3.36. The van der Waals surface area contributed by atoms with E-state index < -0.39 is 30.4 Å². The van der Waals surface area contributed by atoms with Gasteiger partial charge in [-0.05, 0) is 19.0 Å². The number of aromatic nitrogens is 4. The highest BCUT2D eigenvalue weighted by Crippen LogP contribution is 2.33. The van der Waals surface area contributed by atoms with Crippen LogP contribution in [0.1, 0.15) is 44.1 Å². The van der Waals surface area contributed by atoms with Gasteiger partial charge in [-0.15, -0.1) is 0 Å². The van der Waals surface area contributed by atoms with Crippen molar-refractivity contribution in [2.24, 2.45) is 0 Å². The Morgan fingerprint density at radius 2 is 2.09 bits per heavy atom. The van der Waals surface area contributed by atoms with Gasteiger partial charge in [-0.2, -0.15) is 5.10 Å². The molecule has 3 aromatic rings. The fourth-order valence-electron chi connectivity index (χ4n) is 3.36. The van der Waals surface area contributed by atoms with Gasteiger partial charge in [0.15, 0.2) is 11.9 Å². The molecule has 0 aliphatic carbocycles. The van der Waals surface area contributed by atoms with Crippen LogP contribution in [0.5, 0.6) is 0 Å². The fraction of sp³-hybridized carbons (Fsp3) is 0.333. The number of ether oxygens (including phenoxy) is 2. The van der Waals surface area contributed by atoms with Gasteiger partial charge in [-0.1, -0.05) is 18.2 Å². The maximum absolute atomic E-state index is 12.5. The lowest BCUT2D eigenvalue weighted by Gasteiger charge is -2.14. The first-order valence-electron chi connectivity index (χ1n) is 10.6. The molecule has 166 valence electrons. The number of hydrogen-bond donors (Lipinski definition) is 2. The Balaban J connectivity index is 1.51. The predicted molar refractivity (Wildman–Crippen MR) is 111 cm³/mol. The topological polar surface area (TPSA) is 146 Å². The summed E-state index contributed by atoms with van der Waals surface area (Å²) in [6.45, 7) is -0.153. The molecule has 1 aliphatic rings. The van der Waals surface area contributed by atoms with Crippen molar-refractivity contribution in [1.82, 2.24) is 19.7 Å². The number of aliphatic carboxylic acids is 1. The lowest BCUT2D eigenvalue weighted by molar-refractivity contribution is -0.154. The number of amides is 1. The molecule has 1 aliphatic heterocycles. The number of nitrogens with zero attached hydrogens (tertiary/aromatic N) is 4. The van der Waals surface area contributed by atoms with Crippen molar-refractivity contribution in [3.05, 3.63) is 48.4 Å². The van der Waals surface area contributed by atoms with Crippen molar-refractivity contribution in [3.63, 3.8) is 0 Å². The van der Waals surface area contributed by atoms with Gasteiger partial charge >= 0.3 is 11.9 Å². The van der Waals surface area contributed by atoms with Crippen molar-refractivity contribution >= 4 is 34.7 Å². The summed E-state index contributed by atoms with van der Waals surface area (Å²) in [4.78, 5) is 43.5. The number of carboxylic acids is 1. The number of benzene rings is 1. The van der Waals surface area contributed by atoms with Crippen molar-refractivity contribution in [2.75, 3.05) is 5.32 Å². The van der Waals surface area contributed by atoms with E-state index in [1.807, 2.05) is 6.07 Å². The van der Waals surface area contributed by atoms with Crippen LogP contribution in [0.4, 0.5) is 5.82 Å². The van der Waals surface area contributed by atoms with Crippen LogP contribution in [-0.4, -0.2) is 54.9 Å². The van der Waals surface area contributed by atoms with Gasteiger partial charge in [0.05, 0.1) is 30.5 Å². The van der Waals surface area contributed by atoms with Crippen LogP contribution >= 0.6 is 0 Å². The monoisotopic (exact) mass is 440 g/mol. The van der Waals surface area contributed by atoms with Gasteiger partial charge in [0.2, 0.25) is 0 Å². The van der Waals surface area contributed by atoms with Gasteiger partial charge in [-0.3, -0.25) is 14.4 Å². The molecule has 1 amide bonds. The summed E-state index contributed by atoms with van der Waals surface area (Å²) in [5.74, 6) is -1.80. The average molecular weight is 440 g/mol. The number of fused-ring (bicyclic) bond motifs is 1. The number of carbonyl (C=O) groups excluding carboxylic acids is 2. The van der Waals surface area contributed by atoms with Crippen LogP contribution < -0.4 is 5.32 Å². The van der Waals surface area contributed by atoms with Crippen LogP contribution in [0.15, 0.2) is 42.9 Å². The largest absolute Gasteiger partial charge is 0.481 e. The van der Waals surface area contributed by atoms with E-state index in [0.717, 1.165) is 0 Å². The highest BCUT2D eigenvalue weighted by molar-refractivity contribution is 6.07. The molecular weight excluding hydrogens is 418 g/mol. The minimum absolute atomic E-state index is 0.153. The molecule has 3 heterocycles. The van der Waals surface area contributed by atoms with Gasteiger partial charge in [0.25, 0.3) is 5.91 Å². The van der Waals surface area contributed by atoms with E-state index >= 15 is 0 Å². The van der Waals surface area contributed by atoms with Crippen molar-refractivity contribution in [3.8, 4) is 0 Å². The van der Waals surface area contributed by atoms with Gasteiger partial charge in [0, 0.05) is 13.4 Å². The Hall–Kier alpha value is -3.86. The third kappa shape index (κ3) is 4.57. The standard InChI is InChI=1S/C21H21N5O6/c1-12-15(32-18(29)8-7-17(27)28)9-16(31-12)26-20-14(10-24-26)19(22-11-23-20)25-21(30)13-5-3-2-4-6-13/h2-6,10-12,15-16H,7-9H2,1H3,(H,27,28)(H,22,23,25,30)/t12-,15?,16-/m1/s1/i1D. The molecule has 32 heavy (non-hydrogen) atoms. The number of anilines is 1. The number of nitrogens with one attached hydrogen (secondary N) is 1. The lowest BCUT2D eigenvalue weighted by Crippen LogP contribution is -2.24. The molecule has 11 nitrogen and oxygen atoms in total. The Kier molecular flexibility index (Phi) is 5.71. The van der Waals surface area contributed by atoms with Gasteiger partial charge in [0.1, 0.15) is 18.2 Å². The molecule has 11 heteroatoms. The maximum Gasteiger partial charge on any atom is 0.306 e. The number of carboxylic acid groups (broad SMARTS) is 1. The molecule has 1 aromatic carbocycles. The van der Waals surface area contributed by atoms with Crippen LogP contribution in [0.25, 0.3) is 11.0 Å². The minimum Gasteiger partial charge on any atom is -0.481 e. The number of hydrogen-bond acceptors (Lipinski definition) is 8. The minimum atomic E-state index is -1.10. The van der Waals surface area contributed by atoms with Gasteiger partial charge < -0.3 is 19.9 Å². The summed E-state index contributed by atoms with van der Waals surface area (Å²) in [7, 11) is 0. The summed E-state index contributed by atoms with van der Waals surface area (Å²) in [5.41, 5.74) is 0.876. The molecule has 1 saturated heterocycles. The van der Waals surface area contributed by atoms with E-state index in [2.05, 4.69) is 20.4 Å². The Labute approximate surface area is 183 Å². The third-order valence-corrected chi connectivity index (χ3v) is 4.94. The van der Waals surface area contributed by atoms with E-state index in [1.54, 1.807) is 24.3 Å². The molecular formula is C21H21N5O6. The zero-order chi connectivity index (χ0) is 23.4. The normalized spacial score (nSPS) is 20.6. The van der Waals surface area contributed by atoms with Crippen LogP contribution in [0, 0.1) is 0 Å². The second-order valence-corrected chi connectivity index (χ2v) is 7.16. The first-order chi connectivity index (χ1) is 16.0. The summed E-state index contributed by atoms with van der Waals surface area (Å²) in [5, 5.41) is 16.3. The first-order valence-corrected chi connectivity index (χ1v) is 9.87. The molecule has 1 unspecified atom stereocenters. The Morgan fingerprint density at radius 3 is 2.84 bits per heavy atom. The van der Waals surface area contributed by atoms with E-state index in [4.69, 9.17) is 16.0 Å². The Morgan fingerprint density at radius 1 is 1.28 bits per heavy atom. The lowest BCUT2D eigenvalue weighted by atomic mass is 10.2. The number of esters is 1. The van der Waals surface area contributed by atoms with E-state index in [1.165, 1.54) is 17.2 Å². The molecule has 3 atom stereocenters. The highest BCUT2D eigenvalue weighted by Gasteiger charge is 2.37. The van der Waals surface area contributed by atoms with E-state index in [0.29, 0.717) is 16.6 Å². The quantitative estimate of drug-likeness (QED) is 0.528. The molecule has 0 spiro atoms. The molecule has 2 N–H and O–H groups in total. The molecule has 0 saturated carbocycles. The van der Waals surface area contributed by atoms with Crippen molar-refractivity contribution < 1.29 is 30.3 Å². The van der Waals surface area contributed by atoms with Crippen molar-refractivity contribution in [2.45, 2.75) is 44.6 Å². The van der Waals surface area contributed by atoms with Crippen molar-refractivity contribution in [1.29, 1.82) is 0 Å². The highest BCUT2D eigenvalue weighted by atomic mass is 16.6. The summed E-state index contributed by atoms with van der Waals surface area (Å²) in [6, 6.07) is 8.69. The van der Waals surface area contributed by atoms with E-state index in [9.17, 15) is 14.4 Å². The van der Waals surface area contributed by atoms with Crippen LogP contribution in [0.2, 0.25) is 0 Å². The molecule has 0 bridgehead atoms. The summed E-state index contributed by atoms with van der Waals surface area (Å²) < 4.78 is 20.4. The third-order valence-electron chi connectivity index (χ3n) is 4.94. The number of rotatable bonds is 7. The maximum atomic E-state index is 12.5. The molecule has 4 rings (SSSR count). The first kappa shape index (κ1) is 20.1. The molecule has 1 fully saturated rings. The zero-order valence-electron chi connectivity index (χ0n) is 17.9. The van der Waals surface area contributed by atoms with E-state index in [-0.39, 0.29) is 37.9 Å². The summed E-state index contributed by atoms with van der Waals surface area (Å²) >= 11 is 0. The average Bonchev–Trinajstić information content (AvgIpc) is 3.42. The summed E-state index contributed by atoms with van der Waals surface area (Å²) in [6.07, 6.45) is 0.345.